The Hall–Kier alpha value is -3.81. The lowest BCUT2D eigenvalue weighted by Gasteiger charge is -2.16. The van der Waals surface area contributed by atoms with E-state index in [1.54, 1.807) is 18.3 Å². The van der Waals surface area contributed by atoms with Crippen LogP contribution in [0.25, 0.3) is 22.4 Å². The molecule has 1 aromatic heterocycles. The van der Waals surface area contributed by atoms with Gasteiger partial charge in [-0.25, -0.2) is 8.42 Å². The molecule has 1 aliphatic heterocycles. The molecule has 1 fully saturated rings. The molecule has 0 bridgehead atoms. The fraction of sp³-hybridized carbons (Fsp3) is 0.200. The normalized spacial score (nSPS) is 14.0. The van der Waals surface area contributed by atoms with E-state index in [-0.39, 0.29) is 10.8 Å². The number of hydrogen-bond acceptors (Lipinski definition) is 5. The number of likely N-dealkylation sites (tertiary alicyclic amines) is 1. The molecule has 0 saturated carbocycles. The molecule has 0 spiro atoms. The van der Waals surface area contributed by atoms with Gasteiger partial charge in [0.05, 0.1) is 10.6 Å². The first-order valence-electron chi connectivity index (χ1n) is 12.4. The van der Waals surface area contributed by atoms with Gasteiger partial charge in [0.25, 0.3) is 5.91 Å². The van der Waals surface area contributed by atoms with Gasteiger partial charge in [-0.3, -0.25) is 14.7 Å². The molecular formula is C30H29N3O3S. The van der Waals surface area contributed by atoms with E-state index in [9.17, 15) is 13.2 Å². The van der Waals surface area contributed by atoms with Crippen LogP contribution in [-0.4, -0.2) is 43.6 Å². The molecule has 0 atom stereocenters. The predicted octanol–water partition coefficient (Wildman–Crippen LogP) is 5.67. The van der Waals surface area contributed by atoms with Crippen molar-refractivity contribution >= 4 is 21.4 Å². The summed E-state index contributed by atoms with van der Waals surface area (Å²) in [5.74, 6) is -0.311. The number of sulfone groups is 1. The van der Waals surface area contributed by atoms with Crippen LogP contribution in [0.3, 0.4) is 0 Å². The zero-order valence-electron chi connectivity index (χ0n) is 20.7. The lowest BCUT2D eigenvalue weighted by atomic mass is 9.98. The molecule has 2 heterocycles. The molecule has 1 saturated heterocycles. The minimum atomic E-state index is -3.44. The molecule has 0 radical (unpaired) electrons. The molecule has 5 rings (SSSR count). The van der Waals surface area contributed by atoms with E-state index < -0.39 is 9.84 Å². The number of aromatic nitrogens is 1. The van der Waals surface area contributed by atoms with Crippen molar-refractivity contribution in [2.75, 3.05) is 24.7 Å². The monoisotopic (exact) mass is 511 g/mol. The van der Waals surface area contributed by atoms with Crippen molar-refractivity contribution in [2.45, 2.75) is 24.3 Å². The van der Waals surface area contributed by atoms with E-state index in [0.717, 1.165) is 36.5 Å². The molecule has 1 amide bonds. The van der Waals surface area contributed by atoms with Crippen LogP contribution in [0, 0.1) is 0 Å². The average Bonchev–Trinajstić information content (AvgIpc) is 3.42. The lowest BCUT2D eigenvalue weighted by Crippen LogP contribution is -2.18. The summed E-state index contributed by atoms with van der Waals surface area (Å²) in [6, 6.07) is 25.9. The van der Waals surface area contributed by atoms with Gasteiger partial charge < -0.3 is 5.32 Å². The second-order valence-corrected chi connectivity index (χ2v) is 11.4. The Morgan fingerprint density at radius 1 is 0.892 bits per heavy atom. The number of carbonyl (C=O) groups excluding carboxylic acids is 1. The first kappa shape index (κ1) is 24.9. The van der Waals surface area contributed by atoms with Gasteiger partial charge >= 0.3 is 0 Å². The number of pyridine rings is 1. The van der Waals surface area contributed by atoms with E-state index >= 15 is 0 Å². The second-order valence-electron chi connectivity index (χ2n) is 9.41. The minimum Gasteiger partial charge on any atom is -0.322 e. The summed E-state index contributed by atoms with van der Waals surface area (Å²) in [6.07, 6.45) is 5.37. The van der Waals surface area contributed by atoms with E-state index in [0.29, 0.717) is 16.8 Å². The van der Waals surface area contributed by atoms with Crippen LogP contribution in [0.5, 0.6) is 0 Å². The first-order valence-corrected chi connectivity index (χ1v) is 14.2. The van der Waals surface area contributed by atoms with Crippen LogP contribution in [0.2, 0.25) is 0 Å². The molecule has 3 aromatic carbocycles. The summed E-state index contributed by atoms with van der Waals surface area (Å²) in [7, 11) is -3.44. The van der Waals surface area contributed by atoms with Crippen LogP contribution in [0.1, 0.15) is 28.8 Å². The van der Waals surface area contributed by atoms with Gasteiger partial charge in [0.2, 0.25) is 0 Å². The number of amides is 1. The number of nitrogens with one attached hydrogen (secondary N) is 1. The zero-order chi connectivity index (χ0) is 25.8. The summed E-state index contributed by atoms with van der Waals surface area (Å²) >= 11 is 0. The summed E-state index contributed by atoms with van der Waals surface area (Å²) in [4.78, 5) is 20.4. The van der Waals surface area contributed by atoms with Gasteiger partial charge in [-0.05, 0) is 85.1 Å². The highest BCUT2D eigenvalue weighted by Crippen LogP contribution is 2.29. The maximum atomic E-state index is 13.4. The Kier molecular flexibility index (Phi) is 7.17. The Bertz CT molecular complexity index is 1510. The molecule has 7 heteroatoms. The van der Waals surface area contributed by atoms with E-state index in [2.05, 4.69) is 27.3 Å². The quantitative estimate of drug-likeness (QED) is 0.346. The Labute approximate surface area is 217 Å². The van der Waals surface area contributed by atoms with E-state index in [1.807, 2.05) is 54.6 Å². The molecule has 6 nitrogen and oxygen atoms in total. The molecule has 1 N–H and O–H groups in total. The fourth-order valence-corrected chi connectivity index (χ4v) is 5.31. The average molecular weight is 512 g/mol. The molecule has 0 aliphatic carbocycles. The zero-order valence-corrected chi connectivity index (χ0v) is 21.5. The van der Waals surface area contributed by atoms with Crippen LogP contribution >= 0.6 is 0 Å². The van der Waals surface area contributed by atoms with Crippen LogP contribution in [0.15, 0.2) is 96.0 Å². The first-order chi connectivity index (χ1) is 17.9. The SMILES string of the molecule is CS(=O)(=O)c1ccc(C(=O)Nc2cccc(-c3ccccn3)c2)c(-c2ccc(CN3CCCC3)cc2)c1. The van der Waals surface area contributed by atoms with Crippen LogP contribution < -0.4 is 5.32 Å². The summed E-state index contributed by atoms with van der Waals surface area (Å²) in [5.41, 5.74) is 5.31. The van der Waals surface area contributed by atoms with Crippen molar-refractivity contribution in [2.24, 2.45) is 0 Å². The Balaban J connectivity index is 1.45. The molecule has 188 valence electrons. The number of anilines is 1. The van der Waals surface area contributed by atoms with Crippen molar-refractivity contribution in [3.63, 3.8) is 0 Å². The third kappa shape index (κ3) is 5.96. The van der Waals surface area contributed by atoms with Crippen molar-refractivity contribution in [3.8, 4) is 22.4 Å². The van der Waals surface area contributed by atoms with Crippen molar-refractivity contribution in [3.05, 3.63) is 102 Å². The summed E-state index contributed by atoms with van der Waals surface area (Å²) in [6.45, 7) is 3.12. The third-order valence-corrected chi connectivity index (χ3v) is 7.72. The van der Waals surface area contributed by atoms with Crippen LogP contribution in [0.4, 0.5) is 5.69 Å². The maximum Gasteiger partial charge on any atom is 0.256 e. The van der Waals surface area contributed by atoms with Crippen molar-refractivity contribution in [1.82, 2.24) is 9.88 Å². The molecule has 4 aromatic rings. The highest BCUT2D eigenvalue weighted by Gasteiger charge is 2.18. The molecule has 0 unspecified atom stereocenters. The number of hydrogen-bond donors (Lipinski definition) is 1. The predicted molar refractivity (Wildman–Crippen MR) is 147 cm³/mol. The van der Waals surface area contributed by atoms with E-state index in [1.165, 1.54) is 30.7 Å². The number of rotatable bonds is 7. The Morgan fingerprint density at radius 2 is 1.68 bits per heavy atom. The number of carbonyl (C=O) groups is 1. The van der Waals surface area contributed by atoms with Gasteiger partial charge in [-0.1, -0.05) is 42.5 Å². The van der Waals surface area contributed by atoms with Gasteiger partial charge in [-0.2, -0.15) is 0 Å². The third-order valence-electron chi connectivity index (χ3n) is 6.61. The van der Waals surface area contributed by atoms with Gasteiger partial charge in [0, 0.05) is 35.8 Å². The van der Waals surface area contributed by atoms with Gasteiger partial charge in [0.15, 0.2) is 9.84 Å². The highest BCUT2D eigenvalue weighted by atomic mass is 32.2. The second kappa shape index (κ2) is 10.7. The smallest absolute Gasteiger partial charge is 0.256 e. The largest absolute Gasteiger partial charge is 0.322 e. The van der Waals surface area contributed by atoms with Crippen LogP contribution in [-0.2, 0) is 16.4 Å². The fourth-order valence-electron chi connectivity index (χ4n) is 4.67. The summed E-state index contributed by atoms with van der Waals surface area (Å²) < 4.78 is 24.6. The summed E-state index contributed by atoms with van der Waals surface area (Å²) in [5, 5.41) is 2.97. The molecular weight excluding hydrogens is 482 g/mol. The standard InChI is InChI=1S/C30H29N3O3S/c1-37(35,36)26-14-15-27(28(20-26)23-12-10-22(11-13-23)21-33-17-4-5-18-33)30(34)32-25-8-6-7-24(19-25)29-9-2-3-16-31-29/h2-3,6-16,19-20H,4-5,17-18,21H2,1H3,(H,32,34). The Morgan fingerprint density at radius 3 is 2.38 bits per heavy atom. The molecule has 1 aliphatic rings. The number of nitrogens with zero attached hydrogens (tertiary/aromatic N) is 2. The van der Waals surface area contributed by atoms with Gasteiger partial charge in [-0.15, -0.1) is 0 Å². The molecule has 37 heavy (non-hydrogen) atoms. The van der Waals surface area contributed by atoms with E-state index in [4.69, 9.17) is 0 Å². The minimum absolute atomic E-state index is 0.178. The highest BCUT2D eigenvalue weighted by molar-refractivity contribution is 7.90. The van der Waals surface area contributed by atoms with Crippen molar-refractivity contribution in [1.29, 1.82) is 0 Å². The topological polar surface area (TPSA) is 79.4 Å². The lowest BCUT2D eigenvalue weighted by molar-refractivity contribution is 0.102. The van der Waals surface area contributed by atoms with Crippen molar-refractivity contribution < 1.29 is 13.2 Å². The van der Waals surface area contributed by atoms with Gasteiger partial charge in [0.1, 0.15) is 0 Å². The number of benzene rings is 3. The maximum absolute atomic E-state index is 13.4.